The molecule has 2 aromatic heterocycles. The molecule has 0 saturated carbocycles. The third-order valence-corrected chi connectivity index (χ3v) is 3.54. The number of hydrogen-bond donors (Lipinski definition) is 2. The number of benzene rings is 1. The van der Waals surface area contributed by atoms with Crippen LogP contribution in [-0.4, -0.2) is 16.0 Å². The average Bonchev–Trinajstić information content (AvgIpc) is 3.02. The third kappa shape index (κ3) is 2.59. The number of carbonyl (C=O) groups excluding carboxylic acids is 1. The molecule has 3 aromatic rings. The summed E-state index contributed by atoms with van der Waals surface area (Å²) in [5, 5.41) is 7.29. The van der Waals surface area contributed by atoms with Gasteiger partial charge in [-0.2, -0.15) is 0 Å². The molecule has 0 bridgehead atoms. The van der Waals surface area contributed by atoms with Gasteiger partial charge in [0, 0.05) is 28.2 Å². The molecule has 1 unspecified atom stereocenters. The van der Waals surface area contributed by atoms with E-state index in [0.29, 0.717) is 11.3 Å². The van der Waals surface area contributed by atoms with Crippen molar-refractivity contribution in [3.8, 4) is 0 Å². The SMILES string of the molecule is Cc1cc(C(=O)NC(C)c2cc3cc(C)[nH]c3cc2F)on1. The van der Waals surface area contributed by atoms with Crippen molar-refractivity contribution in [2.24, 2.45) is 0 Å². The van der Waals surface area contributed by atoms with Gasteiger partial charge in [0.1, 0.15) is 5.82 Å². The Hall–Kier alpha value is -2.63. The summed E-state index contributed by atoms with van der Waals surface area (Å²) in [7, 11) is 0. The number of nitrogens with one attached hydrogen (secondary N) is 2. The first-order valence-electron chi connectivity index (χ1n) is 6.97. The lowest BCUT2D eigenvalue weighted by atomic mass is 10.1. The van der Waals surface area contributed by atoms with E-state index in [-0.39, 0.29) is 11.6 Å². The van der Waals surface area contributed by atoms with Crippen molar-refractivity contribution in [2.75, 3.05) is 0 Å². The van der Waals surface area contributed by atoms with Crippen molar-refractivity contribution in [1.29, 1.82) is 0 Å². The highest BCUT2D eigenvalue weighted by Gasteiger charge is 2.18. The molecule has 0 fully saturated rings. The monoisotopic (exact) mass is 301 g/mol. The first-order chi connectivity index (χ1) is 10.4. The maximum absolute atomic E-state index is 14.2. The fourth-order valence-electron chi connectivity index (χ4n) is 2.46. The fraction of sp³-hybridized carbons (Fsp3) is 0.250. The van der Waals surface area contributed by atoms with Crippen LogP contribution in [0.4, 0.5) is 4.39 Å². The van der Waals surface area contributed by atoms with E-state index >= 15 is 0 Å². The molecular formula is C16H16FN3O2. The molecule has 0 saturated heterocycles. The van der Waals surface area contributed by atoms with E-state index < -0.39 is 11.9 Å². The van der Waals surface area contributed by atoms with Crippen molar-refractivity contribution in [2.45, 2.75) is 26.8 Å². The number of hydrogen-bond acceptors (Lipinski definition) is 3. The highest BCUT2D eigenvalue weighted by atomic mass is 19.1. The number of aromatic amines is 1. The predicted molar refractivity (Wildman–Crippen MR) is 80.1 cm³/mol. The summed E-state index contributed by atoms with van der Waals surface area (Å²) in [6, 6.07) is 6.17. The first kappa shape index (κ1) is 14.3. The van der Waals surface area contributed by atoms with E-state index in [9.17, 15) is 9.18 Å². The average molecular weight is 301 g/mol. The molecule has 22 heavy (non-hydrogen) atoms. The van der Waals surface area contributed by atoms with E-state index in [4.69, 9.17) is 4.52 Å². The first-order valence-corrected chi connectivity index (χ1v) is 6.97. The van der Waals surface area contributed by atoms with Crippen LogP contribution in [-0.2, 0) is 0 Å². The van der Waals surface area contributed by atoms with Crippen LogP contribution in [0.3, 0.4) is 0 Å². The Kier molecular flexibility index (Phi) is 3.44. The number of carbonyl (C=O) groups is 1. The lowest BCUT2D eigenvalue weighted by Gasteiger charge is -2.14. The molecule has 2 heterocycles. The van der Waals surface area contributed by atoms with Gasteiger partial charge in [0.25, 0.3) is 5.91 Å². The molecule has 0 aliphatic rings. The number of rotatable bonds is 3. The fourth-order valence-corrected chi connectivity index (χ4v) is 2.46. The Balaban J connectivity index is 1.86. The number of aromatic nitrogens is 2. The molecule has 1 aromatic carbocycles. The molecule has 0 radical (unpaired) electrons. The molecule has 6 heteroatoms. The van der Waals surface area contributed by atoms with E-state index in [2.05, 4.69) is 15.5 Å². The molecule has 1 atom stereocenters. The summed E-state index contributed by atoms with van der Waals surface area (Å²) >= 11 is 0. The van der Waals surface area contributed by atoms with Crippen LogP contribution in [0.25, 0.3) is 10.9 Å². The molecule has 0 aliphatic heterocycles. The zero-order chi connectivity index (χ0) is 15.9. The molecule has 2 N–H and O–H groups in total. The summed E-state index contributed by atoms with van der Waals surface area (Å²) < 4.78 is 19.1. The van der Waals surface area contributed by atoms with Crippen LogP contribution in [0.15, 0.2) is 28.8 Å². The van der Waals surface area contributed by atoms with Crippen LogP contribution in [0.2, 0.25) is 0 Å². The van der Waals surface area contributed by atoms with Gasteiger partial charge in [-0.25, -0.2) is 4.39 Å². The molecule has 0 spiro atoms. The Labute approximate surface area is 126 Å². The second-order valence-electron chi connectivity index (χ2n) is 5.44. The minimum atomic E-state index is -0.488. The van der Waals surface area contributed by atoms with Crippen LogP contribution >= 0.6 is 0 Å². The number of amides is 1. The van der Waals surface area contributed by atoms with Crippen molar-refractivity contribution in [3.63, 3.8) is 0 Å². The number of fused-ring (bicyclic) bond motifs is 1. The molecular weight excluding hydrogens is 285 g/mol. The smallest absolute Gasteiger partial charge is 0.290 e. The zero-order valence-corrected chi connectivity index (χ0v) is 12.5. The Morgan fingerprint density at radius 1 is 1.32 bits per heavy atom. The van der Waals surface area contributed by atoms with Gasteiger partial charge in [0.15, 0.2) is 0 Å². The van der Waals surface area contributed by atoms with Gasteiger partial charge in [-0.1, -0.05) is 5.16 Å². The maximum Gasteiger partial charge on any atom is 0.290 e. The quantitative estimate of drug-likeness (QED) is 0.779. The van der Waals surface area contributed by atoms with E-state index in [1.165, 1.54) is 12.1 Å². The predicted octanol–water partition coefficient (Wildman–Crippen LogP) is 3.40. The van der Waals surface area contributed by atoms with E-state index in [1.54, 1.807) is 19.9 Å². The summed E-state index contributed by atoms with van der Waals surface area (Å²) in [5.41, 5.74) is 2.74. The van der Waals surface area contributed by atoms with Crippen molar-refractivity contribution < 1.29 is 13.7 Å². The second kappa shape index (κ2) is 5.29. The molecule has 5 nitrogen and oxygen atoms in total. The molecule has 3 rings (SSSR count). The zero-order valence-electron chi connectivity index (χ0n) is 12.5. The lowest BCUT2D eigenvalue weighted by Crippen LogP contribution is -2.26. The highest BCUT2D eigenvalue weighted by Crippen LogP contribution is 2.24. The van der Waals surface area contributed by atoms with Crippen LogP contribution in [0, 0.1) is 19.7 Å². The summed E-state index contributed by atoms with van der Waals surface area (Å²) in [6.45, 7) is 5.37. The summed E-state index contributed by atoms with van der Waals surface area (Å²) in [6.07, 6.45) is 0. The Morgan fingerprint density at radius 2 is 2.09 bits per heavy atom. The van der Waals surface area contributed by atoms with Crippen molar-refractivity contribution in [3.05, 3.63) is 52.8 Å². The van der Waals surface area contributed by atoms with Gasteiger partial charge >= 0.3 is 0 Å². The van der Waals surface area contributed by atoms with Crippen LogP contribution in [0.5, 0.6) is 0 Å². The normalized spacial score (nSPS) is 12.5. The standard InChI is InChI=1S/C16H16FN3O2/c1-8-4-11-6-12(13(17)7-14(11)18-8)10(3)19-16(21)15-5-9(2)20-22-15/h4-7,10,18H,1-3H3,(H,19,21). The van der Waals surface area contributed by atoms with Gasteiger partial charge < -0.3 is 14.8 Å². The minimum Gasteiger partial charge on any atom is -0.359 e. The van der Waals surface area contributed by atoms with E-state index in [0.717, 1.165) is 16.6 Å². The van der Waals surface area contributed by atoms with Gasteiger partial charge in [0.2, 0.25) is 5.76 Å². The Bertz CT molecular complexity index is 850. The van der Waals surface area contributed by atoms with Crippen LogP contribution < -0.4 is 5.32 Å². The Morgan fingerprint density at radius 3 is 2.77 bits per heavy atom. The van der Waals surface area contributed by atoms with Gasteiger partial charge in [-0.3, -0.25) is 4.79 Å². The van der Waals surface area contributed by atoms with E-state index in [1.807, 2.05) is 13.0 Å². The highest BCUT2D eigenvalue weighted by molar-refractivity contribution is 5.91. The maximum atomic E-state index is 14.2. The summed E-state index contributed by atoms with van der Waals surface area (Å²) in [4.78, 5) is 15.1. The number of halogens is 1. The number of H-pyrrole nitrogens is 1. The third-order valence-electron chi connectivity index (χ3n) is 3.54. The minimum absolute atomic E-state index is 0.114. The number of nitrogens with zero attached hydrogens (tertiary/aromatic N) is 1. The van der Waals surface area contributed by atoms with Gasteiger partial charge in [-0.05, 0) is 39.0 Å². The van der Waals surface area contributed by atoms with Gasteiger partial charge in [0.05, 0.1) is 11.7 Å². The van der Waals surface area contributed by atoms with Crippen LogP contribution in [0.1, 0.15) is 40.5 Å². The molecule has 0 aliphatic carbocycles. The van der Waals surface area contributed by atoms with Gasteiger partial charge in [-0.15, -0.1) is 0 Å². The second-order valence-corrected chi connectivity index (χ2v) is 5.44. The molecule has 1 amide bonds. The molecule has 114 valence electrons. The largest absolute Gasteiger partial charge is 0.359 e. The van der Waals surface area contributed by atoms with Crippen molar-refractivity contribution in [1.82, 2.24) is 15.5 Å². The number of aryl methyl sites for hydroxylation is 2. The topological polar surface area (TPSA) is 70.9 Å². The summed E-state index contributed by atoms with van der Waals surface area (Å²) in [5.74, 6) is -0.669. The lowest BCUT2D eigenvalue weighted by molar-refractivity contribution is 0.0902. The van der Waals surface area contributed by atoms with Crippen molar-refractivity contribution >= 4 is 16.8 Å².